The minimum absolute atomic E-state index is 0.0329. The van der Waals surface area contributed by atoms with E-state index in [2.05, 4.69) is 80.8 Å². The lowest BCUT2D eigenvalue weighted by atomic mass is 9.82. The zero-order valence-electron chi connectivity index (χ0n) is 25.7. The number of piperidine rings is 2. The van der Waals surface area contributed by atoms with Crippen molar-refractivity contribution in [2.45, 2.75) is 63.2 Å². The van der Waals surface area contributed by atoms with Gasteiger partial charge in [0.15, 0.2) is 5.69 Å². The van der Waals surface area contributed by atoms with Crippen LogP contribution in [0.5, 0.6) is 0 Å². The van der Waals surface area contributed by atoms with E-state index < -0.39 is 0 Å². The first-order chi connectivity index (χ1) is 20.9. The zero-order valence-corrected chi connectivity index (χ0v) is 25.7. The smallest absolute Gasteiger partial charge is 0.272 e. The molecule has 2 aliphatic heterocycles. The van der Waals surface area contributed by atoms with E-state index in [1.165, 1.54) is 41.3 Å². The highest BCUT2D eigenvalue weighted by molar-refractivity contribution is 6.04. The molecule has 226 valence electrons. The molecular weight excluding hydrogens is 538 g/mol. The van der Waals surface area contributed by atoms with Crippen LogP contribution in [0.1, 0.15) is 53.7 Å². The number of aryl methyl sites for hydroxylation is 1. The third-order valence-electron chi connectivity index (χ3n) is 9.12. The number of carbonyl (C=O) groups excluding carboxylic acids is 1. The van der Waals surface area contributed by atoms with Gasteiger partial charge in [-0.25, -0.2) is 9.67 Å². The molecule has 5 heterocycles. The Hall–Kier alpha value is -4.02. The van der Waals surface area contributed by atoms with Gasteiger partial charge in [-0.3, -0.25) is 9.48 Å². The lowest BCUT2D eigenvalue weighted by molar-refractivity contribution is 0.0462. The minimum atomic E-state index is -0.0329. The molecule has 0 saturated carbocycles. The molecule has 0 spiro atoms. The summed E-state index contributed by atoms with van der Waals surface area (Å²) in [6.07, 6.45) is 12.4. The van der Waals surface area contributed by atoms with Gasteiger partial charge < -0.3 is 20.1 Å². The lowest BCUT2D eigenvalue weighted by Gasteiger charge is -2.47. The molecule has 2 aromatic carbocycles. The third kappa shape index (κ3) is 6.50. The Kier molecular flexibility index (Phi) is 8.58. The summed E-state index contributed by atoms with van der Waals surface area (Å²) in [4.78, 5) is 24.8. The molecule has 0 radical (unpaired) electrons. The largest absolute Gasteiger partial charge is 0.361 e. The number of H-pyrrole nitrogens is 1. The molecule has 2 fully saturated rings. The van der Waals surface area contributed by atoms with Crippen LogP contribution >= 0.6 is 0 Å². The number of hydrogen-bond donors (Lipinski definition) is 2. The number of hydrogen-bond acceptors (Lipinski definition) is 6. The molecule has 1 unspecified atom stereocenters. The maximum atomic E-state index is 12.7. The van der Waals surface area contributed by atoms with Gasteiger partial charge in [0.1, 0.15) is 12.7 Å². The normalized spacial score (nSPS) is 20.3. The van der Waals surface area contributed by atoms with E-state index in [4.69, 9.17) is 0 Å². The van der Waals surface area contributed by atoms with Gasteiger partial charge in [0, 0.05) is 54.2 Å². The first-order valence-electron chi connectivity index (χ1n) is 15.4. The van der Waals surface area contributed by atoms with E-state index in [0.717, 1.165) is 43.3 Å². The number of likely N-dealkylation sites (N-methyl/N-ethyl adjacent to an activating group) is 1. The second-order valence-corrected chi connectivity index (χ2v) is 12.4. The van der Waals surface area contributed by atoms with E-state index in [-0.39, 0.29) is 11.9 Å². The molecule has 2 aliphatic rings. The second-order valence-electron chi connectivity index (χ2n) is 12.4. The number of nitrogens with zero attached hydrogens (tertiary/aromatic N) is 7. The van der Waals surface area contributed by atoms with Crippen LogP contribution < -0.4 is 5.32 Å². The van der Waals surface area contributed by atoms with E-state index in [9.17, 15) is 4.79 Å². The highest BCUT2D eigenvalue weighted by Gasteiger charge is 2.36. The number of benzene rings is 2. The van der Waals surface area contributed by atoms with Crippen molar-refractivity contribution in [3.63, 3.8) is 0 Å². The fourth-order valence-electron chi connectivity index (χ4n) is 6.75. The predicted octanol–water partition coefficient (Wildman–Crippen LogP) is 4.23. The molecule has 2 saturated heterocycles. The van der Waals surface area contributed by atoms with Gasteiger partial charge in [-0.15, -0.1) is 0 Å². The molecule has 3 atom stereocenters. The first kappa shape index (κ1) is 29.1. The van der Waals surface area contributed by atoms with Crippen LogP contribution in [0.2, 0.25) is 0 Å². The number of para-hydroxylation sites is 1. The van der Waals surface area contributed by atoms with E-state index in [0.29, 0.717) is 17.8 Å². The fourth-order valence-corrected chi connectivity index (χ4v) is 6.75. The average molecular weight is 582 g/mol. The van der Waals surface area contributed by atoms with E-state index in [1.807, 2.05) is 36.0 Å². The molecule has 2 N–H and O–H groups in total. The van der Waals surface area contributed by atoms with Crippen molar-refractivity contribution in [2.24, 2.45) is 7.05 Å². The van der Waals surface area contributed by atoms with Crippen molar-refractivity contribution >= 4 is 27.7 Å². The van der Waals surface area contributed by atoms with Gasteiger partial charge in [-0.2, -0.15) is 10.2 Å². The summed E-state index contributed by atoms with van der Waals surface area (Å²) >= 11 is 0. The summed E-state index contributed by atoms with van der Waals surface area (Å²) in [7, 11) is 8.33. The molecule has 7 rings (SSSR count). The summed E-state index contributed by atoms with van der Waals surface area (Å²) in [5.41, 5.74) is 5.36. The van der Waals surface area contributed by atoms with Gasteiger partial charge >= 0.3 is 0 Å². The Bertz CT molecular complexity index is 1650. The van der Waals surface area contributed by atoms with Crippen molar-refractivity contribution in [1.29, 1.82) is 0 Å². The van der Waals surface area contributed by atoms with Crippen LogP contribution in [0.3, 0.4) is 0 Å². The van der Waals surface area contributed by atoms with Gasteiger partial charge in [0.2, 0.25) is 0 Å². The molecule has 0 aliphatic carbocycles. The van der Waals surface area contributed by atoms with Crippen LogP contribution in [0.15, 0.2) is 61.3 Å². The lowest BCUT2D eigenvalue weighted by Crippen LogP contribution is -2.55. The summed E-state index contributed by atoms with van der Waals surface area (Å²) in [5.74, 6) is -0.0329. The quantitative estimate of drug-likeness (QED) is 0.299. The maximum absolute atomic E-state index is 12.7. The van der Waals surface area contributed by atoms with Crippen LogP contribution in [-0.2, 0) is 20.0 Å². The van der Waals surface area contributed by atoms with Crippen molar-refractivity contribution in [1.82, 2.24) is 44.6 Å². The molecule has 2 bridgehead atoms. The fraction of sp³-hybridized carbons (Fsp3) is 0.455. The zero-order chi connectivity index (χ0) is 29.9. The Labute approximate surface area is 253 Å². The van der Waals surface area contributed by atoms with Crippen molar-refractivity contribution in [2.75, 3.05) is 27.7 Å². The summed E-state index contributed by atoms with van der Waals surface area (Å²) < 4.78 is 3.63. The standard InChI is InChI=1S/C18H24N4O.C15H19N5/c1-21-13-6-5-7-14(21)11-12(10-13)19-18(23)17-15-8-3-4-9-16(15)22(2)20-17;1-19(2)6-5-13-8-17-15-4-3-12(7-14(13)15)9-20-11-16-10-18-20/h3-4,8-9,12-14H,5-7,10-11H2,1-2H3,(H,19,23);3-4,7-8,10-11,17H,5-6,9H2,1-2H3/t12?,13-,14+;. The van der Waals surface area contributed by atoms with Crippen LogP contribution in [-0.4, -0.2) is 91.0 Å². The van der Waals surface area contributed by atoms with Crippen molar-refractivity contribution in [3.8, 4) is 0 Å². The highest BCUT2D eigenvalue weighted by Crippen LogP contribution is 2.33. The Morgan fingerprint density at radius 3 is 2.60 bits per heavy atom. The number of amides is 1. The minimum Gasteiger partial charge on any atom is -0.361 e. The molecule has 5 aromatic rings. The number of aromatic amines is 1. The van der Waals surface area contributed by atoms with Crippen molar-refractivity contribution in [3.05, 3.63) is 78.1 Å². The van der Waals surface area contributed by atoms with Gasteiger partial charge in [0.05, 0.1) is 12.1 Å². The van der Waals surface area contributed by atoms with Crippen LogP contribution in [0.25, 0.3) is 21.8 Å². The first-order valence-corrected chi connectivity index (χ1v) is 15.4. The molecule has 1 amide bonds. The van der Waals surface area contributed by atoms with Gasteiger partial charge in [0.25, 0.3) is 5.91 Å². The third-order valence-corrected chi connectivity index (χ3v) is 9.12. The number of nitrogens with one attached hydrogen (secondary N) is 2. The highest BCUT2D eigenvalue weighted by atomic mass is 16.2. The summed E-state index contributed by atoms with van der Waals surface area (Å²) in [6.45, 7) is 1.81. The number of aromatic nitrogens is 6. The van der Waals surface area contributed by atoms with Crippen LogP contribution in [0.4, 0.5) is 0 Å². The number of fused-ring (bicyclic) bond motifs is 4. The number of carbonyl (C=O) groups is 1. The molecule has 3 aromatic heterocycles. The van der Waals surface area contributed by atoms with Crippen molar-refractivity contribution < 1.29 is 4.79 Å². The van der Waals surface area contributed by atoms with Gasteiger partial charge in [-0.1, -0.05) is 30.7 Å². The Morgan fingerprint density at radius 1 is 1.07 bits per heavy atom. The summed E-state index contributed by atoms with van der Waals surface area (Å²) in [5, 5.41) is 14.1. The van der Waals surface area contributed by atoms with Gasteiger partial charge in [-0.05, 0) is 82.6 Å². The van der Waals surface area contributed by atoms with E-state index in [1.54, 1.807) is 17.3 Å². The number of rotatable bonds is 7. The molecule has 10 nitrogen and oxygen atoms in total. The van der Waals surface area contributed by atoms with Crippen LogP contribution in [0, 0.1) is 0 Å². The molecular formula is C33H43N9O. The Morgan fingerprint density at radius 2 is 1.86 bits per heavy atom. The summed E-state index contributed by atoms with van der Waals surface area (Å²) in [6, 6.07) is 15.9. The van der Waals surface area contributed by atoms with E-state index >= 15 is 0 Å². The Balaban J connectivity index is 0.000000155. The average Bonchev–Trinajstić information content (AvgIpc) is 3.72. The monoisotopic (exact) mass is 581 g/mol. The SMILES string of the molecule is CN(C)CCc1c[nH]c2ccc(Cn3cncn3)cc12.CN1[C@@H]2CCC[C@H]1CC(NC(=O)c1nn(C)c3ccccc13)C2. The molecule has 43 heavy (non-hydrogen) atoms. The topological polar surface area (TPSA) is 99.9 Å². The maximum Gasteiger partial charge on any atom is 0.272 e. The predicted molar refractivity (Wildman–Crippen MR) is 170 cm³/mol. The second kappa shape index (κ2) is 12.7. The molecule has 10 heteroatoms.